The Morgan fingerprint density at radius 1 is 1.21 bits per heavy atom. The first-order chi connectivity index (χ1) is 6.86. The van der Waals surface area contributed by atoms with Crippen molar-refractivity contribution in [2.24, 2.45) is 0 Å². The molecule has 2 aromatic rings. The largest absolute Gasteiger partial charge is 0.456 e. The lowest BCUT2D eigenvalue weighted by Crippen LogP contribution is -2.01. The number of furan rings is 1. The molecule has 14 heavy (non-hydrogen) atoms. The van der Waals surface area contributed by atoms with Crippen LogP contribution in [0.5, 0.6) is 0 Å². The molecule has 2 nitrogen and oxygen atoms in total. The van der Waals surface area contributed by atoms with Crippen LogP contribution in [0.25, 0.3) is 17.0 Å². The highest BCUT2D eigenvalue weighted by molar-refractivity contribution is 6.11. The molecule has 3 rings (SSSR count). The molecule has 0 unspecified atom stereocenters. The Bertz CT molecular complexity index is 546. The number of ketones is 1. The first kappa shape index (κ1) is 7.56. The van der Waals surface area contributed by atoms with Gasteiger partial charge in [0.2, 0.25) is 0 Å². The van der Waals surface area contributed by atoms with E-state index in [1.165, 1.54) is 0 Å². The maximum atomic E-state index is 11.6. The Labute approximate surface area is 80.8 Å². The maximum Gasteiger partial charge on any atom is 0.171 e. The van der Waals surface area contributed by atoms with Crippen molar-refractivity contribution in [3.05, 3.63) is 41.7 Å². The predicted molar refractivity (Wildman–Crippen MR) is 54.2 cm³/mol. The van der Waals surface area contributed by atoms with Gasteiger partial charge in [-0.3, -0.25) is 4.79 Å². The molecule has 1 aliphatic carbocycles. The normalized spacial score (nSPS) is 14.7. The van der Waals surface area contributed by atoms with E-state index in [0.29, 0.717) is 12.2 Å². The summed E-state index contributed by atoms with van der Waals surface area (Å²) >= 11 is 0. The van der Waals surface area contributed by atoms with Gasteiger partial charge in [0, 0.05) is 11.8 Å². The molecule has 0 saturated heterocycles. The van der Waals surface area contributed by atoms with E-state index in [0.717, 1.165) is 16.5 Å². The Morgan fingerprint density at radius 2 is 2.07 bits per heavy atom. The van der Waals surface area contributed by atoms with Crippen molar-refractivity contribution in [2.75, 3.05) is 0 Å². The van der Waals surface area contributed by atoms with E-state index in [1.807, 2.05) is 36.4 Å². The Hall–Kier alpha value is -1.83. The molecular formula is C12H8O2. The van der Waals surface area contributed by atoms with Gasteiger partial charge < -0.3 is 4.42 Å². The molecule has 1 aromatic heterocycles. The zero-order chi connectivity index (χ0) is 9.54. The number of Topliss-reactive ketones (excluding diaryl/α,β-unsaturated/α-hetero) is 1. The number of fused-ring (bicyclic) bond motifs is 3. The third-order valence-electron chi connectivity index (χ3n) is 2.47. The van der Waals surface area contributed by atoms with E-state index in [2.05, 4.69) is 0 Å². The van der Waals surface area contributed by atoms with Crippen molar-refractivity contribution >= 4 is 22.8 Å². The summed E-state index contributed by atoms with van der Waals surface area (Å²) in [4.78, 5) is 11.6. The summed E-state index contributed by atoms with van der Waals surface area (Å²) < 4.78 is 5.55. The molecule has 1 heterocycles. The Kier molecular flexibility index (Phi) is 1.39. The van der Waals surface area contributed by atoms with Crippen LogP contribution in [0.3, 0.4) is 0 Å². The summed E-state index contributed by atoms with van der Waals surface area (Å²) in [7, 11) is 0. The standard InChI is InChI=1S/C12H8O2/c13-9-5-3-7-11-12(9)8-4-1-2-6-10(8)14-11/h1-4,6-7H,5H2. The van der Waals surface area contributed by atoms with Crippen LogP contribution in [0, 0.1) is 0 Å². The van der Waals surface area contributed by atoms with Gasteiger partial charge >= 0.3 is 0 Å². The van der Waals surface area contributed by atoms with Crippen LogP contribution in [0.2, 0.25) is 0 Å². The monoisotopic (exact) mass is 184 g/mol. The van der Waals surface area contributed by atoms with E-state index >= 15 is 0 Å². The fourth-order valence-electron chi connectivity index (χ4n) is 1.84. The number of carbonyl (C=O) groups excluding carboxylic acids is 1. The topological polar surface area (TPSA) is 30.2 Å². The number of hydrogen-bond donors (Lipinski definition) is 0. The van der Waals surface area contributed by atoms with Crippen LogP contribution in [0.4, 0.5) is 0 Å². The molecule has 0 saturated carbocycles. The highest BCUT2D eigenvalue weighted by Crippen LogP contribution is 2.30. The van der Waals surface area contributed by atoms with Crippen molar-refractivity contribution in [1.29, 1.82) is 0 Å². The third-order valence-corrected chi connectivity index (χ3v) is 2.47. The lowest BCUT2D eigenvalue weighted by molar-refractivity contribution is 0.0995. The van der Waals surface area contributed by atoms with Gasteiger partial charge in [0.15, 0.2) is 5.78 Å². The minimum Gasteiger partial charge on any atom is -0.456 e. The molecule has 68 valence electrons. The van der Waals surface area contributed by atoms with Crippen molar-refractivity contribution in [1.82, 2.24) is 0 Å². The Morgan fingerprint density at radius 3 is 3.00 bits per heavy atom. The van der Waals surface area contributed by atoms with Gasteiger partial charge in [0.1, 0.15) is 11.3 Å². The fraction of sp³-hybridized carbons (Fsp3) is 0.0833. The van der Waals surface area contributed by atoms with Crippen LogP contribution in [0.15, 0.2) is 34.8 Å². The lowest BCUT2D eigenvalue weighted by Gasteiger charge is -2.00. The quantitative estimate of drug-likeness (QED) is 0.629. The summed E-state index contributed by atoms with van der Waals surface area (Å²) in [6.45, 7) is 0. The van der Waals surface area contributed by atoms with Gasteiger partial charge in [0.25, 0.3) is 0 Å². The number of carbonyl (C=O) groups is 1. The summed E-state index contributed by atoms with van der Waals surface area (Å²) in [5, 5.41) is 0.928. The SMILES string of the molecule is O=C1CC=Cc2oc3ccccc3c21. The molecule has 1 aromatic carbocycles. The second-order valence-corrected chi connectivity index (χ2v) is 3.37. The fourth-order valence-corrected chi connectivity index (χ4v) is 1.84. The molecule has 1 aliphatic rings. The number of allylic oxidation sites excluding steroid dienone is 1. The first-order valence-corrected chi connectivity index (χ1v) is 4.57. The first-order valence-electron chi connectivity index (χ1n) is 4.57. The van der Waals surface area contributed by atoms with E-state index < -0.39 is 0 Å². The zero-order valence-corrected chi connectivity index (χ0v) is 7.49. The van der Waals surface area contributed by atoms with Crippen molar-refractivity contribution in [3.8, 4) is 0 Å². The number of hydrogen-bond acceptors (Lipinski definition) is 2. The average molecular weight is 184 g/mol. The van der Waals surface area contributed by atoms with Crippen molar-refractivity contribution in [2.45, 2.75) is 6.42 Å². The van der Waals surface area contributed by atoms with Crippen LogP contribution in [-0.2, 0) is 0 Å². The van der Waals surface area contributed by atoms with Gasteiger partial charge in [-0.15, -0.1) is 0 Å². The lowest BCUT2D eigenvalue weighted by atomic mass is 10.00. The minimum absolute atomic E-state index is 0.146. The molecule has 0 spiro atoms. The highest BCUT2D eigenvalue weighted by atomic mass is 16.3. The molecule has 0 aliphatic heterocycles. The van der Waals surface area contributed by atoms with E-state index in [-0.39, 0.29) is 5.78 Å². The molecule has 0 radical (unpaired) electrons. The summed E-state index contributed by atoms with van der Waals surface area (Å²) in [5.41, 5.74) is 1.53. The van der Waals surface area contributed by atoms with Crippen molar-refractivity contribution in [3.63, 3.8) is 0 Å². The van der Waals surface area contributed by atoms with Gasteiger partial charge in [-0.1, -0.05) is 24.3 Å². The minimum atomic E-state index is 0.146. The van der Waals surface area contributed by atoms with Gasteiger partial charge in [-0.25, -0.2) is 0 Å². The molecule has 0 fully saturated rings. The average Bonchev–Trinajstić information content (AvgIpc) is 2.57. The van der Waals surface area contributed by atoms with E-state index in [1.54, 1.807) is 0 Å². The van der Waals surface area contributed by atoms with Gasteiger partial charge in [-0.2, -0.15) is 0 Å². The van der Waals surface area contributed by atoms with E-state index in [9.17, 15) is 4.79 Å². The molecule has 0 amide bonds. The third kappa shape index (κ3) is 0.880. The van der Waals surface area contributed by atoms with Crippen LogP contribution < -0.4 is 0 Å². The molecular weight excluding hydrogens is 176 g/mol. The number of rotatable bonds is 0. The smallest absolute Gasteiger partial charge is 0.171 e. The zero-order valence-electron chi connectivity index (χ0n) is 7.49. The summed E-state index contributed by atoms with van der Waals surface area (Å²) in [5.74, 6) is 0.843. The van der Waals surface area contributed by atoms with Crippen LogP contribution >= 0.6 is 0 Å². The summed E-state index contributed by atoms with van der Waals surface area (Å²) in [6.07, 6.45) is 4.19. The number of para-hydroxylation sites is 1. The summed E-state index contributed by atoms with van der Waals surface area (Å²) in [6, 6.07) is 7.64. The Balaban J connectivity index is 2.46. The molecule has 0 N–H and O–H groups in total. The van der Waals surface area contributed by atoms with Crippen LogP contribution in [-0.4, -0.2) is 5.78 Å². The van der Waals surface area contributed by atoms with Gasteiger partial charge in [0.05, 0.1) is 5.56 Å². The second-order valence-electron chi connectivity index (χ2n) is 3.37. The second kappa shape index (κ2) is 2.58. The van der Waals surface area contributed by atoms with Gasteiger partial charge in [-0.05, 0) is 12.1 Å². The van der Waals surface area contributed by atoms with Crippen molar-refractivity contribution < 1.29 is 9.21 Å². The maximum absolute atomic E-state index is 11.6. The van der Waals surface area contributed by atoms with E-state index in [4.69, 9.17) is 4.42 Å². The molecule has 2 heteroatoms. The van der Waals surface area contributed by atoms with Crippen LogP contribution in [0.1, 0.15) is 22.5 Å². The number of benzene rings is 1. The highest BCUT2D eigenvalue weighted by Gasteiger charge is 2.20. The predicted octanol–water partition coefficient (Wildman–Crippen LogP) is 3.03. The molecule has 0 bridgehead atoms. The molecule has 0 atom stereocenters.